The Bertz CT molecular complexity index is 392. The minimum absolute atomic E-state index is 0.694. The molecule has 1 aliphatic carbocycles. The molecule has 0 unspecified atom stereocenters. The number of nitrogens with one attached hydrogen (secondary N) is 1. The maximum absolute atomic E-state index is 4.20. The zero-order chi connectivity index (χ0) is 12.4. The standard InChI is InChI=1S/C15H23N3/c1-12-4-7-16-10-13(12)11-17-14-5-8-18(9-6-14)15-2-3-15/h4,7,10,14-15,17H,2-3,5-6,8-9,11H2,1H3. The van der Waals surface area contributed by atoms with Crippen molar-refractivity contribution < 1.29 is 0 Å². The van der Waals surface area contributed by atoms with Gasteiger partial charge in [-0.2, -0.15) is 0 Å². The first-order valence-electron chi connectivity index (χ1n) is 7.20. The van der Waals surface area contributed by atoms with Crippen molar-refractivity contribution in [3.63, 3.8) is 0 Å². The second kappa shape index (κ2) is 5.37. The molecule has 0 aromatic carbocycles. The molecule has 0 atom stereocenters. The largest absolute Gasteiger partial charge is 0.310 e. The highest BCUT2D eigenvalue weighted by molar-refractivity contribution is 5.21. The average molecular weight is 245 g/mol. The van der Waals surface area contributed by atoms with Crippen LogP contribution >= 0.6 is 0 Å². The molecule has 1 aromatic rings. The smallest absolute Gasteiger partial charge is 0.0315 e. The van der Waals surface area contributed by atoms with Gasteiger partial charge in [-0.15, -0.1) is 0 Å². The minimum atomic E-state index is 0.694. The Morgan fingerprint density at radius 1 is 1.28 bits per heavy atom. The van der Waals surface area contributed by atoms with Crippen LogP contribution in [0.5, 0.6) is 0 Å². The topological polar surface area (TPSA) is 28.2 Å². The van der Waals surface area contributed by atoms with Crippen LogP contribution in [0.15, 0.2) is 18.5 Å². The van der Waals surface area contributed by atoms with E-state index in [0.717, 1.165) is 12.6 Å². The Kier molecular flexibility index (Phi) is 3.62. The predicted octanol–water partition coefficient (Wildman–Crippen LogP) is 2.11. The number of nitrogens with zero attached hydrogens (tertiary/aromatic N) is 2. The number of piperidine rings is 1. The number of hydrogen-bond acceptors (Lipinski definition) is 3. The van der Waals surface area contributed by atoms with Crippen LogP contribution in [0.4, 0.5) is 0 Å². The van der Waals surface area contributed by atoms with Crippen LogP contribution in [-0.4, -0.2) is 35.1 Å². The van der Waals surface area contributed by atoms with Crippen molar-refractivity contribution >= 4 is 0 Å². The van der Waals surface area contributed by atoms with Crippen molar-refractivity contribution in [2.45, 2.75) is 51.2 Å². The fourth-order valence-corrected chi connectivity index (χ4v) is 2.84. The molecule has 1 aliphatic heterocycles. The Morgan fingerprint density at radius 2 is 2.06 bits per heavy atom. The molecule has 98 valence electrons. The molecule has 0 radical (unpaired) electrons. The maximum Gasteiger partial charge on any atom is 0.0315 e. The summed E-state index contributed by atoms with van der Waals surface area (Å²) >= 11 is 0. The summed E-state index contributed by atoms with van der Waals surface area (Å²) in [4.78, 5) is 6.88. The van der Waals surface area contributed by atoms with E-state index in [-0.39, 0.29) is 0 Å². The lowest BCUT2D eigenvalue weighted by Gasteiger charge is -2.32. The van der Waals surface area contributed by atoms with Crippen LogP contribution in [0.2, 0.25) is 0 Å². The molecule has 1 aromatic heterocycles. The first kappa shape index (κ1) is 12.1. The fraction of sp³-hybridized carbons (Fsp3) is 0.667. The highest BCUT2D eigenvalue weighted by atomic mass is 15.2. The Labute approximate surface area is 110 Å². The lowest BCUT2D eigenvalue weighted by molar-refractivity contribution is 0.189. The van der Waals surface area contributed by atoms with Crippen LogP contribution in [0.25, 0.3) is 0 Å². The Morgan fingerprint density at radius 3 is 2.72 bits per heavy atom. The number of aryl methyl sites for hydroxylation is 1. The van der Waals surface area contributed by atoms with Crippen LogP contribution in [0, 0.1) is 6.92 Å². The van der Waals surface area contributed by atoms with E-state index in [1.807, 2.05) is 12.4 Å². The SMILES string of the molecule is Cc1ccncc1CNC1CCN(C2CC2)CC1. The summed E-state index contributed by atoms with van der Waals surface area (Å²) in [5.41, 5.74) is 2.68. The van der Waals surface area contributed by atoms with E-state index in [2.05, 4.69) is 28.2 Å². The van der Waals surface area contributed by atoms with Crippen LogP contribution < -0.4 is 5.32 Å². The van der Waals surface area contributed by atoms with Gasteiger partial charge in [0.2, 0.25) is 0 Å². The third kappa shape index (κ3) is 2.90. The van der Waals surface area contributed by atoms with Gasteiger partial charge in [-0.3, -0.25) is 4.98 Å². The molecule has 3 rings (SSSR count). The molecule has 0 spiro atoms. The third-order valence-electron chi connectivity index (χ3n) is 4.32. The summed E-state index contributed by atoms with van der Waals surface area (Å²) in [6, 6.07) is 3.72. The molecule has 1 saturated carbocycles. The van der Waals surface area contributed by atoms with Gasteiger partial charge in [-0.1, -0.05) is 0 Å². The number of pyridine rings is 1. The van der Waals surface area contributed by atoms with Gasteiger partial charge < -0.3 is 10.2 Å². The normalized spacial score (nSPS) is 22.3. The fourth-order valence-electron chi connectivity index (χ4n) is 2.84. The van der Waals surface area contributed by atoms with Gasteiger partial charge in [0.1, 0.15) is 0 Å². The maximum atomic E-state index is 4.20. The van der Waals surface area contributed by atoms with Crippen molar-refractivity contribution in [1.82, 2.24) is 15.2 Å². The monoisotopic (exact) mass is 245 g/mol. The molecule has 0 bridgehead atoms. The highest BCUT2D eigenvalue weighted by Crippen LogP contribution is 2.29. The van der Waals surface area contributed by atoms with E-state index in [9.17, 15) is 0 Å². The molecule has 2 fully saturated rings. The van der Waals surface area contributed by atoms with Gasteiger partial charge in [-0.05, 0) is 62.9 Å². The van der Waals surface area contributed by atoms with Gasteiger partial charge in [0.15, 0.2) is 0 Å². The van der Waals surface area contributed by atoms with Gasteiger partial charge >= 0.3 is 0 Å². The first-order chi connectivity index (χ1) is 8.83. The highest BCUT2D eigenvalue weighted by Gasteiger charge is 2.31. The average Bonchev–Trinajstić information content (AvgIpc) is 3.23. The van der Waals surface area contributed by atoms with Crippen LogP contribution in [-0.2, 0) is 6.54 Å². The van der Waals surface area contributed by atoms with Gasteiger partial charge in [0.25, 0.3) is 0 Å². The quantitative estimate of drug-likeness (QED) is 0.880. The summed E-state index contributed by atoms with van der Waals surface area (Å²) in [6.45, 7) is 5.70. The number of likely N-dealkylation sites (tertiary alicyclic amines) is 1. The summed E-state index contributed by atoms with van der Waals surface area (Å²) in [5.74, 6) is 0. The van der Waals surface area contributed by atoms with E-state index in [1.54, 1.807) is 0 Å². The van der Waals surface area contributed by atoms with E-state index in [1.165, 1.54) is 49.9 Å². The van der Waals surface area contributed by atoms with Crippen molar-refractivity contribution in [2.75, 3.05) is 13.1 Å². The molecule has 1 saturated heterocycles. The first-order valence-corrected chi connectivity index (χ1v) is 7.20. The lowest BCUT2D eigenvalue weighted by atomic mass is 10.0. The van der Waals surface area contributed by atoms with Gasteiger partial charge in [0, 0.05) is 31.0 Å². The number of aromatic nitrogens is 1. The summed E-state index contributed by atoms with van der Waals surface area (Å²) < 4.78 is 0. The zero-order valence-electron chi connectivity index (χ0n) is 11.2. The third-order valence-corrected chi connectivity index (χ3v) is 4.32. The molecular formula is C15H23N3. The van der Waals surface area contributed by atoms with E-state index < -0.39 is 0 Å². The number of rotatable bonds is 4. The van der Waals surface area contributed by atoms with E-state index in [4.69, 9.17) is 0 Å². The van der Waals surface area contributed by atoms with Crippen molar-refractivity contribution in [3.05, 3.63) is 29.6 Å². The molecule has 2 heterocycles. The minimum Gasteiger partial charge on any atom is -0.310 e. The Hall–Kier alpha value is -0.930. The van der Waals surface area contributed by atoms with Crippen molar-refractivity contribution in [2.24, 2.45) is 0 Å². The van der Waals surface area contributed by atoms with Crippen molar-refractivity contribution in [1.29, 1.82) is 0 Å². The molecule has 3 heteroatoms. The van der Waals surface area contributed by atoms with Crippen molar-refractivity contribution in [3.8, 4) is 0 Å². The van der Waals surface area contributed by atoms with E-state index in [0.29, 0.717) is 6.04 Å². The predicted molar refractivity (Wildman–Crippen MR) is 73.4 cm³/mol. The summed E-state index contributed by atoms with van der Waals surface area (Å²) in [6.07, 6.45) is 9.33. The second-order valence-corrected chi connectivity index (χ2v) is 5.72. The molecule has 18 heavy (non-hydrogen) atoms. The van der Waals surface area contributed by atoms with E-state index >= 15 is 0 Å². The summed E-state index contributed by atoms with van der Waals surface area (Å²) in [7, 11) is 0. The van der Waals surface area contributed by atoms with Crippen LogP contribution in [0.3, 0.4) is 0 Å². The lowest BCUT2D eigenvalue weighted by Crippen LogP contribution is -2.43. The second-order valence-electron chi connectivity index (χ2n) is 5.72. The molecule has 1 N–H and O–H groups in total. The van der Waals surface area contributed by atoms with Crippen LogP contribution in [0.1, 0.15) is 36.8 Å². The molecule has 3 nitrogen and oxygen atoms in total. The molecule has 0 amide bonds. The zero-order valence-corrected chi connectivity index (χ0v) is 11.2. The molecule has 2 aliphatic rings. The Balaban J connectivity index is 1.45. The van der Waals surface area contributed by atoms with Gasteiger partial charge in [-0.25, -0.2) is 0 Å². The number of hydrogen-bond donors (Lipinski definition) is 1. The van der Waals surface area contributed by atoms with Gasteiger partial charge in [0.05, 0.1) is 0 Å². The summed E-state index contributed by atoms with van der Waals surface area (Å²) in [5, 5.41) is 3.69. The molecular weight excluding hydrogens is 222 g/mol.